The highest BCUT2D eigenvalue weighted by molar-refractivity contribution is 7.86. The first-order valence-corrected chi connectivity index (χ1v) is 29.6. The topological polar surface area (TPSA) is 279 Å². The zero-order valence-corrected chi connectivity index (χ0v) is 47.0. The molecule has 0 radical (unpaired) electrons. The molecule has 422 valence electrons. The van der Waals surface area contributed by atoms with Gasteiger partial charge in [-0.05, 0) is 143 Å². The van der Waals surface area contributed by atoms with Crippen LogP contribution in [0.5, 0.6) is 5.75 Å². The van der Waals surface area contributed by atoms with Gasteiger partial charge < -0.3 is 23.8 Å². The molecule has 3 heterocycles. The van der Waals surface area contributed by atoms with Gasteiger partial charge in [-0.15, -0.1) is 5.06 Å². The van der Waals surface area contributed by atoms with E-state index >= 15 is 0 Å². The average molecular weight is 1140 g/mol. The van der Waals surface area contributed by atoms with Gasteiger partial charge in [-0.2, -0.15) is 29.8 Å². The number of allylic oxidation sites excluding steroid dienone is 7. The average Bonchev–Trinajstić information content (AvgIpc) is 3.90. The second-order valence-corrected chi connectivity index (χ2v) is 24.5. The molecular weight excluding hydrogens is 1070 g/mol. The minimum Gasteiger partial charge on any atom is -0.457 e. The fraction of sp³-hybridized carbons (Fsp3) is 0.444. The van der Waals surface area contributed by atoms with E-state index < -0.39 is 59.0 Å². The van der Waals surface area contributed by atoms with Crippen molar-refractivity contribution in [3.05, 3.63) is 118 Å². The van der Waals surface area contributed by atoms with E-state index in [-0.39, 0.29) is 66.1 Å². The Hall–Kier alpha value is -5.93. The number of rotatable bonds is 24. The number of aryl methyl sites for hydroxylation is 2. The van der Waals surface area contributed by atoms with Gasteiger partial charge in [0.05, 0.1) is 71.1 Å². The number of fused-ring (bicyclic) bond motifs is 2. The van der Waals surface area contributed by atoms with Gasteiger partial charge in [0.25, 0.3) is 42.2 Å². The van der Waals surface area contributed by atoms with E-state index in [0.717, 1.165) is 22.5 Å². The zero-order valence-electron chi connectivity index (χ0n) is 44.6. The first-order chi connectivity index (χ1) is 36.6. The van der Waals surface area contributed by atoms with Crippen molar-refractivity contribution in [1.82, 2.24) is 5.06 Å². The quantitative estimate of drug-likeness (QED) is 0.0339. The second-order valence-electron chi connectivity index (χ2n) is 20.2. The van der Waals surface area contributed by atoms with E-state index in [4.69, 9.17) is 28.6 Å². The molecule has 4 aliphatic rings. The maximum Gasteiger partial charge on any atom is 0.333 e. The summed E-state index contributed by atoms with van der Waals surface area (Å²) in [6.07, 6.45) is 10.5. The van der Waals surface area contributed by atoms with Crippen LogP contribution in [0.25, 0.3) is 0 Å². The van der Waals surface area contributed by atoms with Crippen LogP contribution in [-0.2, 0) is 79.5 Å². The first-order valence-electron chi connectivity index (χ1n) is 25.3. The predicted octanol–water partition coefficient (Wildman–Crippen LogP) is 7.49. The van der Waals surface area contributed by atoms with Crippen molar-refractivity contribution >= 4 is 65.2 Å². The number of nitrogens with zero attached hydrogens (tertiary/aromatic N) is 3. The van der Waals surface area contributed by atoms with Crippen LogP contribution in [0.1, 0.15) is 101 Å². The summed E-state index contributed by atoms with van der Waals surface area (Å²) >= 11 is 0. The van der Waals surface area contributed by atoms with Gasteiger partial charge in [0.1, 0.15) is 18.6 Å². The largest absolute Gasteiger partial charge is 0.457 e. The number of anilines is 1. The highest BCUT2D eigenvalue weighted by atomic mass is 32.2. The number of hydrogen-bond acceptors (Lipinski definition) is 16. The van der Waals surface area contributed by atoms with E-state index in [1.165, 1.54) is 48.5 Å². The highest BCUT2D eigenvalue weighted by Crippen LogP contribution is 2.51. The molecule has 0 saturated carbocycles. The molecule has 0 aromatic heterocycles. The zero-order chi connectivity index (χ0) is 57.0. The van der Waals surface area contributed by atoms with Crippen molar-refractivity contribution in [3.63, 3.8) is 0 Å². The lowest BCUT2D eigenvalue weighted by molar-refractivity contribution is -0.402. The summed E-state index contributed by atoms with van der Waals surface area (Å²) in [7, 11) is -11.7. The normalized spacial score (nSPS) is 18.5. The Kier molecular flexibility index (Phi) is 18.5. The standard InChI is InChI=1S/C54H65N3O18S3/c1-35-31-41(77(64,65)66)33-43-50(35)55(7)45(53(43,3)4)20-14-37-11-10-12-38(52(37)74-39-16-18-40(19-17-39)76(61,62)63)15-21-46-54(5,6)44-34-42(78(67,68)69)32-36(2)51(44)56(46)73-30-29-72-28-27-71-26-25-70-24-9-8-13-49(60)75-57-47(58)22-23-48(57)59/h14-21,31-34H,8-13,22-30H2,1-7H3,(H2-,61,62,63,64,65,66,67,68,69)/p+1. The van der Waals surface area contributed by atoms with Crippen LogP contribution in [-0.4, -0.2) is 125 Å². The number of benzene rings is 3. The van der Waals surface area contributed by atoms with E-state index in [2.05, 4.69) is 0 Å². The number of imide groups is 1. The number of carbonyl (C=O) groups excluding carboxylic acids is 3. The summed E-state index contributed by atoms with van der Waals surface area (Å²) < 4.78 is 129. The van der Waals surface area contributed by atoms with Crippen molar-refractivity contribution in [1.29, 1.82) is 0 Å². The van der Waals surface area contributed by atoms with Gasteiger partial charge in [-0.1, -0.05) is 19.9 Å². The van der Waals surface area contributed by atoms with Gasteiger partial charge in [-0.3, -0.25) is 28.1 Å². The van der Waals surface area contributed by atoms with Gasteiger partial charge in [0, 0.05) is 48.5 Å². The smallest absolute Gasteiger partial charge is 0.333 e. The summed E-state index contributed by atoms with van der Waals surface area (Å²) in [5, 5.41) is 2.16. The number of hydrogen-bond donors (Lipinski definition) is 3. The predicted molar refractivity (Wildman–Crippen MR) is 284 cm³/mol. The summed E-state index contributed by atoms with van der Waals surface area (Å²) in [6.45, 7) is 12.9. The Bertz CT molecular complexity index is 3340. The van der Waals surface area contributed by atoms with Crippen molar-refractivity contribution in [2.45, 2.75) is 118 Å². The molecule has 2 amide bonds. The molecule has 3 N–H and O–H groups in total. The minimum absolute atomic E-state index is 0.0299. The number of hydroxylamine groups is 3. The molecule has 0 bridgehead atoms. The maximum atomic E-state index is 12.5. The third-order valence-electron chi connectivity index (χ3n) is 13.9. The molecular formula is C54H66N3O18S3+. The van der Waals surface area contributed by atoms with E-state index in [1.807, 2.05) is 63.6 Å². The monoisotopic (exact) mass is 1140 g/mol. The van der Waals surface area contributed by atoms with Crippen LogP contribution in [0.2, 0.25) is 0 Å². The lowest BCUT2D eigenvalue weighted by Gasteiger charge is -2.27. The summed E-state index contributed by atoms with van der Waals surface area (Å²) in [4.78, 5) is 45.7. The lowest BCUT2D eigenvalue weighted by Crippen LogP contribution is -2.31. The van der Waals surface area contributed by atoms with Gasteiger partial charge in [0.15, 0.2) is 5.71 Å². The van der Waals surface area contributed by atoms with Crippen molar-refractivity contribution in [3.8, 4) is 5.75 Å². The van der Waals surface area contributed by atoms with Crippen LogP contribution in [0, 0.1) is 13.8 Å². The van der Waals surface area contributed by atoms with E-state index in [1.54, 1.807) is 18.9 Å². The molecule has 1 fully saturated rings. The fourth-order valence-electron chi connectivity index (χ4n) is 9.90. The Balaban J connectivity index is 1.07. The molecule has 78 heavy (non-hydrogen) atoms. The fourth-order valence-corrected chi connectivity index (χ4v) is 11.6. The Morgan fingerprint density at radius 3 is 1.82 bits per heavy atom. The molecule has 24 heteroatoms. The third-order valence-corrected chi connectivity index (χ3v) is 16.4. The molecule has 0 atom stereocenters. The van der Waals surface area contributed by atoms with Crippen molar-refractivity contribution in [2.75, 3.05) is 58.4 Å². The maximum absolute atomic E-state index is 12.5. The van der Waals surface area contributed by atoms with Crippen LogP contribution in [0.3, 0.4) is 0 Å². The molecule has 1 aliphatic carbocycles. The molecule has 0 unspecified atom stereocenters. The summed E-state index contributed by atoms with van der Waals surface area (Å²) in [6, 6.07) is 11.1. The third kappa shape index (κ3) is 13.7. The van der Waals surface area contributed by atoms with Crippen LogP contribution < -0.4 is 9.80 Å². The summed E-state index contributed by atoms with van der Waals surface area (Å²) in [5.74, 6) is -0.963. The Morgan fingerprint density at radius 2 is 1.22 bits per heavy atom. The number of unbranched alkanes of at least 4 members (excludes halogenated alkanes) is 1. The molecule has 3 aromatic carbocycles. The van der Waals surface area contributed by atoms with E-state index in [9.17, 15) is 53.3 Å². The lowest BCUT2D eigenvalue weighted by atomic mass is 9.80. The van der Waals surface area contributed by atoms with Gasteiger partial charge >= 0.3 is 5.97 Å². The second kappa shape index (κ2) is 24.2. The molecule has 21 nitrogen and oxygen atoms in total. The molecule has 3 aliphatic heterocycles. The van der Waals surface area contributed by atoms with Crippen molar-refractivity contribution < 1.29 is 86.5 Å². The Labute approximate surface area is 454 Å². The van der Waals surface area contributed by atoms with Crippen LogP contribution in [0.4, 0.5) is 11.4 Å². The SMILES string of the molecule is Cc1cc(S(=O)(=O)O)cc2c1N(OCCOCCOCCOCCCCC(=O)ON1C(=O)CCC1=O)/C(=C/C=C1\CCCC(/C=C/C3=[N+](C)c4c(C)cc(S(=O)(=O)O)cc4C3(C)C)=C1Oc1ccc(S(=O)(=O)O)cc1)C2(C)C. The number of ether oxygens (including phenoxy) is 4. The van der Waals surface area contributed by atoms with Crippen LogP contribution >= 0.6 is 0 Å². The van der Waals surface area contributed by atoms with Crippen molar-refractivity contribution in [2.24, 2.45) is 0 Å². The minimum atomic E-state index is -4.59. The summed E-state index contributed by atoms with van der Waals surface area (Å²) in [5.41, 5.74) is 5.21. The first kappa shape index (κ1) is 59.7. The molecule has 7 rings (SSSR count). The molecule has 1 saturated heterocycles. The Morgan fingerprint density at radius 1 is 0.654 bits per heavy atom. The number of amides is 2. The highest BCUT2D eigenvalue weighted by Gasteiger charge is 2.46. The van der Waals surface area contributed by atoms with Gasteiger partial charge in [0.2, 0.25) is 5.69 Å². The number of carbonyl (C=O) groups is 3. The van der Waals surface area contributed by atoms with Gasteiger partial charge in [-0.25, -0.2) is 9.86 Å². The molecule has 0 spiro atoms. The molecule has 3 aromatic rings. The van der Waals surface area contributed by atoms with Crippen LogP contribution in [0.15, 0.2) is 110 Å². The van der Waals surface area contributed by atoms with E-state index in [0.29, 0.717) is 96.4 Å².